The molecule has 3 N–H and O–H groups in total. The number of amides is 2. The number of carbonyl (C=O) groups excluding carboxylic acids is 1. The normalized spacial score (nSPS) is 20.8. The Labute approximate surface area is 79.8 Å². The van der Waals surface area contributed by atoms with Gasteiger partial charge in [0.2, 0.25) is 0 Å². The molecule has 3 nitrogen and oxygen atoms in total. The third-order valence-corrected chi connectivity index (χ3v) is 2.52. The zero-order chi connectivity index (χ0) is 10.8. The van der Waals surface area contributed by atoms with Gasteiger partial charge in [-0.25, -0.2) is 4.79 Å². The first-order valence-corrected chi connectivity index (χ1v) is 4.54. The molecule has 0 aromatic rings. The maximum atomic E-state index is 12.5. The van der Waals surface area contributed by atoms with Crippen LogP contribution < -0.4 is 11.1 Å². The fourth-order valence-electron chi connectivity index (χ4n) is 1.91. The summed E-state index contributed by atoms with van der Waals surface area (Å²) in [6, 6.07) is -2.89. The summed E-state index contributed by atoms with van der Waals surface area (Å²) in [5, 5.41) is 1.78. The molecule has 0 aromatic carbocycles. The van der Waals surface area contributed by atoms with Crippen molar-refractivity contribution in [2.75, 3.05) is 0 Å². The van der Waals surface area contributed by atoms with Crippen molar-refractivity contribution < 1.29 is 18.0 Å². The van der Waals surface area contributed by atoms with Crippen LogP contribution >= 0.6 is 0 Å². The molecule has 1 atom stereocenters. The van der Waals surface area contributed by atoms with E-state index < -0.39 is 24.2 Å². The lowest BCUT2D eigenvalue weighted by molar-refractivity contribution is -0.164. The smallest absolute Gasteiger partial charge is 0.352 e. The van der Waals surface area contributed by atoms with Crippen LogP contribution in [0.1, 0.15) is 25.7 Å². The third kappa shape index (κ3) is 2.78. The molecule has 14 heavy (non-hydrogen) atoms. The molecule has 0 heterocycles. The van der Waals surface area contributed by atoms with Crippen molar-refractivity contribution in [3.05, 3.63) is 0 Å². The van der Waals surface area contributed by atoms with E-state index in [1.807, 2.05) is 0 Å². The predicted molar refractivity (Wildman–Crippen MR) is 44.5 cm³/mol. The largest absolute Gasteiger partial charge is 0.408 e. The predicted octanol–water partition coefficient (Wildman–Crippen LogP) is 1.78. The Morgan fingerprint density at radius 1 is 1.36 bits per heavy atom. The molecule has 0 saturated heterocycles. The molecule has 0 unspecified atom stereocenters. The molecule has 0 bridgehead atoms. The summed E-state index contributed by atoms with van der Waals surface area (Å²) >= 11 is 0. The molecule has 1 rings (SSSR count). The molecule has 6 heteroatoms. The summed E-state index contributed by atoms with van der Waals surface area (Å²) in [6.07, 6.45) is -1.81. The topological polar surface area (TPSA) is 55.1 Å². The summed E-state index contributed by atoms with van der Waals surface area (Å²) in [7, 11) is 0. The number of hydrogen-bond donors (Lipinski definition) is 2. The minimum Gasteiger partial charge on any atom is -0.352 e. The number of nitrogens with one attached hydrogen (secondary N) is 1. The van der Waals surface area contributed by atoms with Gasteiger partial charge in [-0.1, -0.05) is 12.8 Å². The van der Waals surface area contributed by atoms with E-state index in [0.717, 1.165) is 12.8 Å². The van der Waals surface area contributed by atoms with Gasteiger partial charge in [0.25, 0.3) is 0 Å². The second kappa shape index (κ2) is 4.06. The van der Waals surface area contributed by atoms with Gasteiger partial charge in [-0.05, 0) is 18.8 Å². The lowest BCUT2D eigenvalue weighted by atomic mass is 9.98. The lowest BCUT2D eigenvalue weighted by Gasteiger charge is -2.25. The van der Waals surface area contributed by atoms with Crippen molar-refractivity contribution in [2.45, 2.75) is 37.9 Å². The van der Waals surface area contributed by atoms with Crippen LogP contribution in [0.5, 0.6) is 0 Å². The van der Waals surface area contributed by atoms with Gasteiger partial charge in [0.15, 0.2) is 0 Å². The molecule has 82 valence electrons. The fraction of sp³-hybridized carbons (Fsp3) is 0.875. The van der Waals surface area contributed by atoms with E-state index in [9.17, 15) is 18.0 Å². The second-order valence-electron chi connectivity index (χ2n) is 3.57. The van der Waals surface area contributed by atoms with Gasteiger partial charge in [-0.3, -0.25) is 0 Å². The number of alkyl halides is 3. The van der Waals surface area contributed by atoms with E-state index in [4.69, 9.17) is 5.73 Å². The number of rotatable bonds is 2. The summed E-state index contributed by atoms with van der Waals surface area (Å²) in [5.41, 5.74) is 4.71. The molecule has 1 aliphatic carbocycles. The molecule has 0 spiro atoms. The maximum absolute atomic E-state index is 12.5. The summed E-state index contributed by atoms with van der Waals surface area (Å²) in [4.78, 5) is 10.4. The van der Waals surface area contributed by atoms with Crippen LogP contribution in [0.4, 0.5) is 18.0 Å². The van der Waals surface area contributed by atoms with E-state index >= 15 is 0 Å². The van der Waals surface area contributed by atoms with Gasteiger partial charge in [-0.2, -0.15) is 13.2 Å². The van der Waals surface area contributed by atoms with Crippen LogP contribution in [-0.2, 0) is 0 Å². The van der Waals surface area contributed by atoms with Crippen LogP contribution in [0.2, 0.25) is 0 Å². The highest BCUT2D eigenvalue weighted by Crippen LogP contribution is 2.35. The zero-order valence-electron chi connectivity index (χ0n) is 7.60. The monoisotopic (exact) mass is 210 g/mol. The van der Waals surface area contributed by atoms with Gasteiger partial charge < -0.3 is 11.1 Å². The molecule has 0 aromatic heterocycles. The molecule has 0 aliphatic heterocycles. The van der Waals surface area contributed by atoms with E-state index in [0.29, 0.717) is 12.8 Å². The molecular formula is C8H13F3N2O. The minimum absolute atomic E-state index is 0.504. The highest BCUT2D eigenvalue weighted by molar-refractivity contribution is 5.72. The van der Waals surface area contributed by atoms with Crippen molar-refractivity contribution in [3.8, 4) is 0 Å². The SMILES string of the molecule is NC(=O)N[C@@H](C1CCCC1)C(F)(F)F. The Hall–Kier alpha value is -0.940. The van der Waals surface area contributed by atoms with Crippen LogP contribution in [0.25, 0.3) is 0 Å². The van der Waals surface area contributed by atoms with E-state index in [1.54, 1.807) is 5.32 Å². The van der Waals surface area contributed by atoms with Crippen molar-refractivity contribution in [2.24, 2.45) is 11.7 Å². The van der Waals surface area contributed by atoms with Crippen LogP contribution in [-0.4, -0.2) is 18.2 Å². The average molecular weight is 210 g/mol. The molecular weight excluding hydrogens is 197 g/mol. The van der Waals surface area contributed by atoms with Crippen LogP contribution in [0, 0.1) is 5.92 Å². The Kier molecular flexibility index (Phi) is 3.23. The van der Waals surface area contributed by atoms with Gasteiger partial charge in [0, 0.05) is 0 Å². The first-order valence-electron chi connectivity index (χ1n) is 4.54. The number of primary amides is 1. The third-order valence-electron chi connectivity index (χ3n) is 2.52. The number of halogens is 3. The summed E-state index contributed by atoms with van der Waals surface area (Å²) in [5.74, 6) is -0.512. The number of urea groups is 1. The Balaban J connectivity index is 2.65. The maximum Gasteiger partial charge on any atom is 0.408 e. The standard InChI is InChI=1S/C8H13F3N2O/c9-8(10,11)6(13-7(12)14)5-3-1-2-4-5/h5-6H,1-4H2,(H3,12,13,14)/t6-/m0/s1. The summed E-state index contributed by atoms with van der Waals surface area (Å²) < 4.78 is 37.4. The van der Waals surface area contributed by atoms with Gasteiger partial charge in [-0.15, -0.1) is 0 Å². The van der Waals surface area contributed by atoms with Crippen LogP contribution in [0.3, 0.4) is 0 Å². The molecule has 2 amide bonds. The minimum atomic E-state index is -4.40. The van der Waals surface area contributed by atoms with Crippen molar-refractivity contribution >= 4 is 6.03 Å². The fourth-order valence-corrected chi connectivity index (χ4v) is 1.91. The first-order chi connectivity index (χ1) is 6.41. The van der Waals surface area contributed by atoms with Crippen molar-refractivity contribution in [1.82, 2.24) is 5.32 Å². The van der Waals surface area contributed by atoms with E-state index in [1.165, 1.54) is 0 Å². The lowest BCUT2D eigenvalue weighted by Crippen LogP contribution is -2.51. The van der Waals surface area contributed by atoms with E-state index in [-0.39, 0.29) is 0 Å². The quantitative estimate of drug-likeness (QED) is 0.717. The zero-order valence-corrected chi connectivity index (χ0v) is 7.60. The Bertz CT molecular complexity index is 211. The first kappa shape index (κ1) is 11.1. The van der Waals surface area contributed by atoms with Crippen molar-refractivity contribution in [3.63, 3.8) is 0 Å². The van der Waals surface area contributed by atoms with Gasteiger partial charge in [0.1, 0.15) is 6.04 Å². The molecule has 0 radical (unpaired) electrons. The van der Waals surface area contributed by atoms with Gasteiger partial charge in [0.05, 0.1) is 0 Å². The van der Waals surface area contributed by atoms with Crippen molar-refractivity contribution in [1.29, 1.82) is 0 Å². The number of nitrogens with two attached hydrogens (primary N) is 1. The second-order valence-corrected chi connectivity index (χ2v) is 3.57. The molecule has 1 fully saturated rings. The Morgan fingerprint density at radius 2 is 1.86 bits per heavy atom. The number of carbonyl (C=O) groups is 1. The Morgan fingerprint density at radius 3 is 2.21 bits per heavy atom. The average Bonchev–Trinajstić information content (AvgIpc) is 2.49. The summed E-state index contributed by atoms with van der Waals surface area (Å²) in [6.45, 7) is 0. The van der Waals surface area contributed by atoms with Gasteiger partial charge >= 0.3 is 12.2 Å². The van der Waals surface area contributed by atoms with Crippen LogP contribution in [0.15, 0.2) is 0 Å². The highest BCUT2D eigenvalue weighted by atomic mass is 19.4. The molecule has 1 aliphatic rings. The highest BCUT2D eigenvalue weighted by Gasteiger charge is 2.45. The molecule has 1 saturated carbocycles. The number of hydrogen-bond acceptors (Lipinski definition) is 1. The van der Waals surface area contributed by atoms with E-state index in [2.05, 4.69) is 0 Å².